The maximum atomic E-state index is 13.2. The van der Waals surface area contributed by atoms with Gasteiger partial charge in [0.1, 0.15) is 11.6 Å². The second kappa shape index (κ2) is 5.66. The third-order valence-electron chi connectivity index (χ3n) is 3.11. The Morgan fingerprint density at radius 2 is 2.05 bits per heavy atom. The molecule has 21 heavy (non-hydrogen) atoms. The van der Waals surface area contributed by atoms with Crippen molar-refractivity contribution < 1.29 is 9.50 Å². The smallest absolute Gasteiger partial charge is 0.127 e. The summed E-state index contributed by atoms with van der Waals surface area (Å²) in [6, 6.07) is 13.7. The zero-order valence-corrected chi connectivity index (χ0v) is 11.2. The lowest BCUT2D eigenvalue weighted by Gasteiger charge is -2.08. The summed E-state index contributed by atoms with van der Waals surface area (Å²) in [4.78, 5) is 0. The van der Waals surface area contributed by atoms with E-state index in [0.717, 1.165) is 23.0 Å². The topological polar surface area (TPSA) is 60.9 Å². The molecule has 0 fully saturated rings. The van der Waals surface area contributed by atoms with Crippen molar-refractivity contribution in [3.63, 3.8) is 0 Å². The molecule has 4 nitrogen and oxygen atoms in total. The zero-order chi connectivity index (χ0) is 14.7. The quantitative estimate of drug-likeness (QED) is 0.686. The fourth-order valence-electron chi connectivity index (χ4n) is 2.15. The predicted octanol–water partition coefficient (Wildman–Crippen LogP) is 3.53. The van der Waals surface area contributed by atoms with Crippen LogP contribution in [0.4, 0.5) is 10.1 Å². The fraction of sp³-hybridized carbons (Fsp3) is 0.0625. The standard InChI is InChI=1S/C16H14FN3O/c17-13-6-11(7-15(21)9-13)10-18-14-3-1-2-12(8-14)16-4-5-19-20-16/h1-9,18,21H,10H2,(H,19,20). The van der Waals surface area contributed by atoms with Crippen LogP contribution in [0.15, 0.2) is 54.7 Å². The molecule has 0 saturated carbocycles. The van der Waals surface area contributed by atoms with Gasteiger partial charge in [-0.2, -0.15) is 5.10 Å². The second-order valence-corrected chi connectivity index (χ2v) is 4.72. The summed E-state index contributed by atoms with van der Waals surface area (Å²) in [5.74, 6) is -0.518. The molecule has 0 aliphatic carbocycles. The molecule has 0 atom stereocenters. The molecule has 0 radical (unpaired) electrons. The molecule has 106 valence electrons. The molecule has 0 amide bonds. The van der Waals surface area contributed by atoms with Crippen LogP contribution in [0.25, 0.3) is 11.3 Å². The van der Waals surface area contributed by atoms with Crippen LogP contribution in [0.2, 0.25) is 0 Å². The Morgan fingerprint density at radius 3 is 2.81 bits per heavy atom. The Hall–Kier alpha value is -2.82. The fourth-order valence-corrected chi connectivity index (χ4v) is 2.15. The molecular formula is C16H14FN3O. The number of aromatic nitrogens is 2. The molecule has 0 unspecified atom stereocenters. The van der Waals surface area contributed by atoms with Crippen molar-refractivity contribution in [1.82, 2.24) is 10.2 Å². The summed E-state index contributed by atoms with van der Waals surface area (Å²) in [7, 11) is 0. The third-order valence-corrected chi connectivity index (χ3v) is 3.11. The highest BCUT2D eigenvalue weighted by molar-refractivity contribution is 5.64. The number of hydrogen-bond acceptors (Lipinski definition) is 3. The summed E-state index contributed by atoms with van der Waals surface area (Å²) in [6.07, 6.45) is 1.70. The van der Waals surface area contributed by atoms with Gasteiger partial charge in [0, 0.05) is 30.1 Å². The van der Waals surface area contributed by atoms with E-state index >= 15 is 0 Å². The minimum atomic E-state index is -0.446. The number of anilines is 1. The minimum absolute atomic E-state index is 0.0713. The lowest BCUT2D eigenvalue weighted by Crippen LogP contribution is -2.00. The van der Waals surface area contributed by atoms with Crippen LogP contribution in [0.5, 0.6) is 5.75 Å². The monoisotopic (exact) mass is 283 g/mol. The molecular weight excluding hydrogens is 269 g/mol. The van der Waals surface area contributed by atoms with E-state index in [1.807, 2.05) is 30.3 Å². The number of rotatable bonds is 4. The van der Waals surface area contributed by atoms with Gasteiger partial charge in [-0.15, -0.1) is 0 Å². The van der Waals surface area contributed by atoms with Gasteiger partial charge in [0.15, 0.2) is 0 Å². The number of halogens is 1. The van der Waals surface area contributed by atoms with Crippen molar-refractivity contribution in [2.75, 3.05) is 5.32 Å². The summed E-state index contributed by atoms with van der Waals surface area (Å²) in [6.45, 7) is 0.428. The minimum Gasteiger partial charge on any atom is -0.508 e. The van der Waals surface area contributed by atoms with Crippen LogP contribution in [0.3, 0.4) is 0 Å². The molecule has 0 aliphatic rings. The lowest BCUT2D eigenvalue weighted by atomic mass is 10.1. The first-order valence-corrected chi connectivity index (χ1v) is 6.53. The van der Waals surface area contributed by atoms with Crippen molar-refractivity contribution in [2.24, 2.45) is 0 Å². The largest absolute Gasteiger partial charge is 0.508 e. The lowest BCUT2D eigenvalue weighted by molar-refractivity contribution is 0.468. The van der Waals surface area contributed by atoms with Gasteiger partial charge in [0.2, 0.25) is 0 Å². The summed E-state index contributed by atoms with van der Waals surface area (Å²) >= 11 is 0. The first kappa shape index (κ1) is 13.2. The van der Waals surface area contributed by atoms with E-state index < -0.39 is 5.82 Å². The number of phenolic OH excluding ortho intramolecular Hbond substituents is 1. The van der Waals surface area contributed by atoms with E-state index in [9.17, 15) is 9.50 Å². The van der Waals surface area contributed by atoms with Crippen molar-refractivity contribution in [1.29, 1.82) is 0 Å². The molecule has 1 aromatic heterocycles. The molecule has 3 N–H and O–H groups in total. The van der Waals surface area contributed by atoms with Crippen molar-refractivity contribution >= 4 is 5.69 Å². The number of nitrogens with one attached hydrogen (secondary N) is 2. The van der Waals surface area contributed by atoms with Gasteiger partial charge in [0.05, 0.1) is 5.69 Å². The average molecular weight is 283 g/mol. The molecule has 2 aromatic carbocycles. The Morgan fingerprint density at radius 1 is 1.14 bits per heavy atom. The Balaban J connectivity index is 1.75. The van der Waals surface area contributed by atoms with E-state index in [1.54, 1.807) is 6.20 Å². The zero-order valence-electron chi connectivity index (χ0n) is 11.2. The third kappa shape index (κ3) is 3.20. The number of aromatic amines is 1. The van der Waals surface area contributed by atoms with Crippen molar-refractivity contribution in [3.05, 3.63) is 66.1 Å². The van der Waals surface area contributed by atoms with E-state index in [-0.39, 0.29) is 5.75 Å². The van der Waals surface area contributed by atoms with E-state index in [4.69, 9.17) is 0 Å². The summed E-state index contributed by atoms with van der Waals surface area (Å²) in [5, 5.41) is 19.4. The van der Waals surface area contributed by atoms with Crippen LogP contribution < -0.4 is 5.32 Å². The first-order chi connectivity index (χ1) is 10.2. The van der Waals surface area contributed by atoms with Gasteiger partial charge in [-0.1, -0.05) is 12.1 Å². The molecule has 0 aliphatic heterocycles. The molecule has 1 heterocycles. The van der Waals surface area contributed by atoms with Crippen LogP contribution >= 0.6 is 0 Å². The maximum absolute atomic E-state index is 13.2. The molecule has 0 saturated heterocycles. The first-order valence-electron chi connectivity index (χ1n) is 6.53. The van der Waals surface area contributed by atoms with Crippen molar-refractivity contribution in [2.45, 2.75) is 6.54 Å². The Bertz CT molecular complexity index is 721. The predicted molar refractivity (Wildman–Crippen MR) is 79.4 cm³/mol. The highest BCUT2D eigenvalue weighted by Gasteiger charge is 2.02. The summed E-state index contributed by atoms with van der Waals surface area (Å²) < 4.78 is 13.2. The number of phenols is 1. The molecule has 3 rings (SSSR count). The molecule has 0 spiro atoms. The van der Waals surface area contributed by atoms with Crippen LogP contribution in [-0.2, 0) is 6.54 Å². The van der Waals surface area contributed by atoms with Crippen molar-refractivity contribution in [3.8, 4) is 17.0 Å². The average Bonchev–Trinajstić information content (AvgIpc) is 2.99. The van der Waals surface area contributed by atoms with Gasteiger partial charge in [-0.25, -0.2) is 4.39 Å². The Kier molecular flexibility index (Phi) is 3.55. The van der Waals surface area contributed by atoms with Gasteiger partial charge < -0.3 is 10.4 Å². The number of benzene rings is 2. The number of nitrogens with zero attached hydrogens (tertiary/aromatic N) is 1. The Labute approximate surface area is 121 Å². The van der Waals surface area contributed by atoms with E-state index in [1.165, 1.54) is 12.1 Å². The normalized spacial score (nSPS) is 10.5. The van der Waals surface area contributed by atoms with Crippen LogP contribution in [-0.4, -0.2) is 15.3 Å². The van der Waals surface area contributed by atoms with Gasteiger partial charge in [-0.05, 0) is 35.9 Å². The molecule has 5 heteroatoms. The second-order valence-electron chi connectivity index (χ2n) is 4.72. The molecule has 3 aromatic rings. The van der Waals surface area contributed by atoms with Gasteiger partial charge >= 0.3 is 0 Å². The number of H-pyrrole nitrogens is 1. The number of aromatic hydroxyl groups is 1. The highest BCUT2D eigenvalue weighted by Crippen LogP contribution is 2.21. The van der Waals surface area contributed by atoms with Crippen LogP contribution in [0.1, 0.15) is 5.56 Å². The van der Waals surface area contributed by atoms with Crippen LogP contribution in [0, 0.1) is 5.82 Å². The van der Waals surface area contributed by atoms with E-state index in [0.29, 0.717) is 12.1 Å². The molecule has 0 bridgehead atoms. The maximum Gasteiger partial charge on any atom is 0.127 e. The van der Waals surface area contributed by atoms with E-state index in [2.05, 4.69) is 15.5 Å². The van der Waals surface area contributed by atoms with Gasteiger partial charge in [-0.3, -0.25) is 5.10 Å². The highest BCUT2D eigenvalue weighted by atomic mass is 19.1. The SMILES string of the molecule is Oc1cc(F)cc(CNc2cccc(-c3ccn[nH]3)c2)c1. The summed E-state index contributed by atoms with van der Waals surface area (Å²) in [5.41, 5.74) is 3.53. The number of hydrogen-bond donors (Lipinski definition) is 3. The van der Waals surface area contributed by atoms with Gasteiger partial charge in [0.25, 0.3) is 0 Å².